The van der Waals surface area contributed by atoms with Crippen molar-refractivity contribution in [3.05, 3.63) is 84.4 Å². The van der Waals surface area contributed by atoms with E-state index in [1.165, 1.54) is 0 Å². The number of hydrogen-bond acceptors (Lipinski definition) is 1. The van der Waals surface area contributed by atoms with Gasteiger partial charge in [-0.1, -0.05) is 66.4 Å². The van der Waals surface area contributed by atoms with Crippen molar-refractivity contribution in [2.24, 2.45) is 5.41 Å². The molecule has 0 N–H and O–H groups in total. The van der Waals surface area contributed by atoms with Gasteiger partial charge in [0.2, 0.25) is 0 Å². The first-order chi connectivity index (χ1) is 11.9. The Hall–Kier alpha value is -2.79. The van der Waals surface area contributed by atoms with Crippen LogP contribution in [0.15, 0.2) is 73.3 Å². The standard InChI is InChI=1S/C23H25NO/c1-5-18-24(22(25)20-14-10-7-11-15-20)21(16-17-23(2,3)4)19-12-8-6-9-13-19/h5-15,21H,1,18H2,2-4H3. The van der Waals surface area contributed by atoms with E-state index in [1.54, 1.807) is 11.0 Å². The molecule has 0 aliphatic carbocycles. The maximum atomic E-state index is 13.1. The third-order valence-corrected chi connectivity index (χ3v) is 3.62. The normalized spacial score (nSPS) is 11.8. The molecule has 0 fully saturated rings. The molecule has 0 radical (unpaired) electrons. The summed E-state index contributed by atoms with van der Waals surface area (Å²) in [5.41, 5.74) is 1.52. The number of rotatable bonds is 5. The van der Waals surface area contributed by atoms with Gasteiger partial charge in [0.05, 0.1) is 0 Å². The summed E-state index contributed by atoms with van der Waals surface area (Å²) in [4.78, 5) is 14.9. The average molecular weight is 331 g/mol. The largest absolute Gasteiger partial charge is 0.317 e. The van der Waals surface area contributed by atoms with Crippen molar-refractivity contribution >= 4 is 5.91 Å². The summed E-state index contributed by atoms with van der Waals surface area (Å²) in [5, 5.41) is 0. The van der Waals surface area contributed by atoms with Crippen LogP contribution in [0.1, 0.15) is 42.7 Å². The van der Waals surface area contributed by atoms with Gasteiger partial charge in [-0.3, -0.25) is 4.79 Å². The van der Waals surface area contributed by atoms with Gasteiger partial charge in [-0.2, -0.15) is 0 Å². The average Bonchev–Trinajstić information content (AvgIpc) is 2.61. The predicted octanol–water partition coefficient (Wildman–Crippen LogP) is 5.11. The van der Waals surface area contributed by atoms with E-state index in [1.807, 2.05) is 60.7 Å². The van der Waals surface area contributed by atoms with E-state index in [0.29, 0.717) is 12.1 Å². The van der Waals surface area contributed by atoms with E-state index >= 15 is 0 Å². The van der Waals surface area contributed by atoms with Gasteiger partial charge in [0, 0.05) is 17.5 Å². The lowest BCUT2D eigenvalue weighted by Gasteiger charge is -2.28. The van der Waals surface area contributed by atoms with Gasteiger partial charge in [0.25, 0.3) is 5.91 Å². The Morgan fingerprint density at radius 2 is 1.64 bits per heavy atom. The Kier molecular flexibility index (Phi) is 6.19. The summed E-state index contributed by atoms with van der Waals surface area (Å²) < 4.78 is 0. The Bertz CT molecular complexity index is 760. The van der Waals surface area contributed by atoms with Crippen LogP contribution in [0.25, 0.3) is 0 Å². The SMILES string of the molecule is C=CCN(C(=O)c1ccccc1)C(C#CC(C)(C)C)c1ccccc1. The first-order valence-corrected chi connectivity index (χ1v) is 8.47. The summed E-state index contributed by atoms with van der Waals surface area (Å²) in [6.07, 6.45) is 1.75. The van der Waals surface area contributed by atoms with Crippen molar-refractivity contribution in [1.82, 2.24) is 4.90 Å². The molecule has 0 aliphatic rings. The minimum absolute atomic E-state index is 0.0439. The second-order valence-corrected chi connectivity index (χ2v) is 6.94. The smallest absolute Gasteiger partial charge is 0.255 e. The van der Waals surface area contributed by atoms with Crippen molar-refractivity contribution in [1.29, 1.82) is 0 Å². The van der Waals surface area contributed by atoms with Crippen LogP contribution in [-0.4, -0.2) is 17.4 Å². The lowest BCUT2D eigenvalue weighted by molar-refractivity contribution is 0.0739. The Balaban J connectivity index is 2.48. The molecule has 1 unspecified atom stereocenters. The second-order valence-electron chi connectivity index (χ2n) is 6.94. The van der Waals surface area contributed by atoms with Crippen molar-refractivity contribution in [3.63, 3.8) is 0 Å². The minimum atomic E-state index is -0.314. The highest BCUT2D eigenvalue weighted by Crippen LogP contribution is 2.23. The van der Waals surface area contributed by atoms with Gasteiger partial charge in [-0.25, -0.2) is 0 Å². The molecule has 2 rings (SSSR count). The van der Waals surface area contributed by atoms with Crippen molar-refractivity contribution in [2.45, 2.75) is 26.8 Å². The topological polar surface area (TPSA) is 20.3 Å². The molecule has 1 atom stereocenters. The summed E-state index contributed by atoms with van der Waals surface area (Å²) >= 11 is 0. The Labute approximate surface area is 151 Å². The van der Waals surface area contributed by atoms with Gasteiger partial charge in [-0.05, 0) is 38.5 Å². The molecule has 25 heavy (non-hydrogen) atoms. The molecule has 0 saturated heterocycles. The van der Waals surface area contributed by atoms with Crippen LogP contribution in [0, 0.1) is 17.3 Å². The highest BCUT2D eigenvalue weighted by atomic mass is 16.2. The fourth-order valence-electron chi connectivity index (χ4n) is 2.45. The molecule has 0 spiro atoms. The molecular weight excluding hydrogens is 306 g/mol. The number of benzene rings is 2. The summed E-state index contributed by atoms with van der Waals surface area (Å²) in [6, 6.07) is 18.9. The molecule has 2 aromatic carbocycles. The third-order valence-electron chi connectivity index (χ3n) is 3.62. The van der Waals surface area contributed by atoms with Gasteiger partial charge in [0.15, 0.2) is 0 Å². The number of carbonyl (C=O) groups is 1. The van der Waals surface area contributed by atoms with Crippen LogP contribution < -0.4 is 0 Å². The highest BCUT2D eigenvalue weighted by Gasteiger charge is 2.24. The van der Waals surface area contributed by atoms with Crippen LogP contribution in [0.3, 0.4) is 0 Å². The third kappa shape index (κ3) is 5.36. The maximum absolute atomic E-state index is 13.1. The Morgan fingerprint density at radius 1 is 1.08 bits per heavy atom. The van der Waals surface area contributed by atoms with Crippen LogP contribution >= 0.6 is 0 Å². The number of amides is 1. The fourth-order valence-corrected chi connectivity index (χ4v) is 2.45. The summed E-state index contributed by atoms with van der Waals surface area (Å²) in [7, 11) is 0. The monoisotopic (exact) mass is 331 g/mol. The molecular formula is C23H25NO. The molecule has 0 aromatic heterocycles. The van der Waals surface area contributed by atoms with E-state index in [-0.39, 0.29) is 17.4 Å². The van der Waals surface area contributed by atoms with Crippen LogP contribution in [0.2, 0.25) is 0 Å². The van der Waals surface area contributed by atoms with Crippen LogP contribution in [0.4, 0.5) is 0 Å². The van der Waals surface area contributed by atoms with Gasteiger partial charge < -0.3 is 4.90 Å². The lowest BCUT2D eigenvalue weighted by atomic mass is 9.96. The van der Waals surface area contributed by atoms with Gasteiger partial charge in [0.1, 0.15) is 6.04 Å². The molecule has 0 saturated carbocycles. The summed E-state index contributed by atoms with van der Waals surface area (Å²) in [6.45, 7) is 10.5. The van der Waals surface area contributed by atoms with Crippen molar-refractivity contribution < 1.29 is 4.79 Å². The predicted molar refractivity (Wildman–Crippen MR) is 104 cm³/mol. The first-order valence-electron chi connectivity index (χ1n) is 8.47. The first kappa shape index (κ1) is 18.5. The zero-order valence-electron chi connectivity index (χ0n) is 15.2. The van der Waals surface area contributed by atoms with E-state index in [2.05, 4.69) is 39.2 Å². The molecule has 2 heteroatoms. The zero-order chi connectivity index (χ0) is 18.3. The molecule has 0 aliphatic heterocycles. The van der Waals surface area contributed by atoms with Gasteiger partial charge >= 0.3 is 0 Å². The highest BCUT2D eigenvalue weighted by molar-refractivity contribution is 5.94. The molecule has 2 nitrogen and oxygen atoms in total. The fraction of sp³-hybridized carbons (Fsp3) is 0.261. The summed E-state index contributed by atoms with van der Waals surface area (Å²) in [5.74, 6) is 6.56. The van der Waals surface area contributed by atoms with Crippen molar-refractivity contribution in [3.8, 4) is 11.8 Å². The second kappa shape index (κ2) is 8.35. The maximum Gasteiger partial charge on any atom is 0.255 e. The number of hydrogen-bond donors (Lipinski definition) is 0. The van der Waals surface area contributed by atoms with E-state index in [9.17, 15) is 4.79 Å². The number of carbonyl (C=O) groups excluding carboxylic acids is 1. The molecule has 2 aromatic rings. The van der Waals surface area contributed by atoms with E-state index in [0.717, 1.165) is 5.56 Å². The number of nitrogens with zero attached hydrogens (tertiary/aromatic N) is 1. The van der Waals surface area contributed by atoms with E-state index < -0.39 is 0 Å². The molecule has 128 valence electrons. The molecule has 0 heterocycles. The van der Waals surface area contributed by atoms with Crippen molar-refractivity contribution in [2.75, 3.05) is 6.54 Å². The zero-order valence-corrected chi connectivity index (χ0v) is 15.2. The van der Waals surface area contributed by atoms with E-state index in [4.69, 9.17) is 0 Å². The quantitative estimate of drug-likeness (QED) is 0.551. The lowest BCUT2D eigenvalue weighted by Crippen LogP contribution is -2.34. The molecule has 0 bridgehead atoms. The minimum Gasteiger partial charge on any atom is -0.317 e. The van der Waals surface area contributed by atoms with Crippen LogP contribution in [0.5, 0.6) is 0 Å². The Morgan fingerprint density at radius 3 is 2.16 bits per heavy atom. The molecule has 1 amide bonds. The van der Waals surface area contributed by atoms with Crippen LogP contribution in [-0.2, 0) is 0 Å². The van der Waals surface area contributed by atoms with Gasteiger partial charge in [-0.15, -0.1) is 6.58 Å².